The number of hydrogen-bond donors (Lipinski definition) is 1. The molecular weight excluding hydrogens is 310 g/mol. The van der Waals surface area contributed by atoms with E-state index in [1.54, 1.807) is 0 Å². The molecule has 0 heterocycles. The Hall–Kier alpha value is -1.12. The molecule has 0 aliphatic carbocycles. The summed E-state index contributed by atoms with van der Waals surface area (Å²) in [4.78, 5) is 0. The predicted octanol–water partition coefficient (Wildman–Crippen LogP) is 5.07. The first-order valence-electron chi connectivity index (χ1n) is 7.09. The van der Waals surface area contributed by atoms with Crippen LogP contribution in [-0.4, -0.2) is 6.54 Å². The first kappa shape index (κ1) is 15.3. The minimum Gasteiger partial charge on any atom is -0.307 e. The second-order valence-corrected chi connectivity index (χ2v) is 6.27. The maximum absolute atomic E-state index is 3.60. The first-order chi connectivity index (χ1) is 9.51. The van der Waals surface area contributed by atoms with E-state index in [1.165, 1.54) is 27.8 Å². The van der Waals surface area contributed by atoms with Gasteiger partial charge in [-0.05, 0) is 50.1 Å². The molecule has 0 spiro atoms. The van der Waals surface area contributed by atoms with Crippen LogP contribution in [0.2, 0.25) is 0 Å². The highest BCUT2D eigenvalue weighted by molar-refractivity contribution is 9.10. The molecule has 20 heavy (non-hydrogen) atoms. The summed E-state index contributed by atoms with van der Waals surface area (Å²) in [6.07, 6.45) is 0. The van der Waals surface area contributed by atoms with E-state index in [9.17, 15) is 0 Å². The smallest absolute Gasteiger partial charge is 0.0576 e. The normalized spacial score (nSPS) is 12.4. The number of hydrogen-bond acceptors (Lipinski definition) is 1. The molecule has 0 saturated heterocycles. The summed E-state index contributed by atoms with van der Waals surface area (Å²) in [6.45, 7) is 9.56. The third-order valence-electron chi connectivity index (χ3n) is 3.50. The van der Waals surface area contributed by atoms with E-state index in [0.717, 1.165) is 11.0 Å². The first-order valence-corrected chi connectivity index (χ1v) is 7.88. The van der Waals surface area contributed by atoms with Crippen molar-refractivity contribution >= 4 is 15.9 Å². The minimum atomic E-state index is 0.255. The van der Waals surface area contributed by atoms with Crippen molar-refractivity contribution in [3.8, 4) is 0 Å². The average molecular weight is 332 g/mol. The zero-order valence-electron chi connectivity index (χ0n) is 12.6. The summed E-state index contributed by atoms with van der Waals surface area (Å²) in [5.41, 5.74) is 6.56. The molecule has 0 aliphatic rings. The SMILES string of the molecule is CCNC(c1cc(C)cc(C)c1)c1ccc(Br)c(C)c1. The van der Waals surface area contributed by atoms with Crippen LogP contribution in [0.4, 0.5) is 0 Å². The van der Waals surface area contributed by atoms with Gasteiger partial charge in [0.1, 0.15) is 0 Å². The molecule has 0 bridgehead atoms. The molecule has 2 aromatic rings. The van der Waals surface area contributed by atoms with Crippen molar-refractivity contribution in [2.75, 3.05) is 6.54 Å². The molecule has 0 radical (unpaired) electrons. The van der Waals surface area contributed by atoms with Gasteiger partial charge in [0.15, 0.2) is 0 Å². The fraction of sp³-hybridized carbons (Fsp3) is 0.333. The predicted molar refractivity (Wildman–Crippen MR) is 90.3 cm³/mol. The van der Waals surface area contributed by atoms with Crippen LogP contribution >= 0.6 is 15.9 Å². The van der Waals surface area contributed by atoms with Crippen LogP contribution < -0.4 is 5.32 Å². The fourth-order valence-electron chi connectivity index (χ4n) is 2.66. The van der Waals surface area contributed by atoms with Gasteiger partial charge in [-0.15, -0.1) is 0 Å². The van der Waals surface area contributed by atoms with Gasteiger partial charge in [0.05, 0.1) is 6.04 Å². The zero-order chi connectivity index (χ0) is 14.7. The molecule has 1 nitrogen and oxygen atoms in total. The van der Waals surface area contributed by atoms with Gasteiger partial charge in [0.2, 0.25) is 0 Å². The Morgan fingerprint density at radius 1 is 0.950 bits per heavy atom. The van der Waals surface area contributed by atoms with Crippen LogP contribution in [0.3, 0.4) is 0 Å². The third kappa shape index (κ3) is 3.50. The zero-order valence-corrected chi connectivity index (χ0v) is 14.2. The van der Waals surface area contributed by atoms with Crippen LogP contribution in [0.5, 0.6) is 0 Å². The van der Waals surface area contributed by atoms with Crippen molar-refractivity contribution in [1.29, 1.82) is 0 Å². The van der Waals surface area contributed by atoms with Crippen LogP contribution in [-0.2, 0) is 0 Å². The molecule has 2 rings (SSSR count). The van der Waals surface area contributed by atoms with Crippen LogP contribution in [0.15, 0.2) is 40.9 Å². The molecule has 0 aliphatic heterocycles. The second kappa shape index (κ2) is 6.55. The quantitative estimate of drug-likeness (QED) is 0.824. The molecule has 1 N–H and O–H groups in total. The number of aryl methyl sites for hydroxylation is 3. The van der Waals surface area contributed by atoms with Crippen LogP contribution in [0, 0.1) is 20.8 Å². The van der Waals surface area contributed by atoms with E-state index in [0.29, 0.717) is 0 Å². The lowest BCUT2D eigenvalue weighted by molar-refractivity contribution is 0.629. The van der Waals surface area contributed by atoms with Gasteiger partial charge in [0, 0.05) is 4.47 Å². The average Bonchev–Trinajstić information content (AvgIpc) is 2.38. The highest BCUT2D eigenvalue weighted by Crippen LogP contribution is 2.27. The van der Waals surface area contributed by atoms with Gasteiger partial charge >= 0.3 is 0 Å². The molecule has 0 saturated carbocycles. The van der Waals surface area contributed by atoms with Crippen molar-refractivity contribution in [2.45, 2.75) is 33.7 Å². The van der Waals surface area contributed by atoms with Gasteiger partial charge in [0.25, 0.3) is 0 Å². The Morgan fingerprint density at radius 3 is 2.15 bits per heavy atom. The van der Waals surface area contributed by atoms with Crippen molar-refractivity contribution in [3.05, 3.63) is 68.7 Å². The van der Waals surface area contributed by atoms with Gasteiger partial charge in [-0.1, -0.05) is 64.3 Å². The molecule has 2 heteroatoms. The van der Waals surface area contributed by atoms with E-state index in [-0.39, 0.29) is 6.04 Å². The fourth-order valence-corrected chi connectivity index (χ4v) is 2.90. The Morgan fingerprint density at radius 2 is 1.60 bits per heavy atom. The van der Waals surface area contributed by atoms with Crippen molar-refractivity contribution < 1.29 is 0 Å². The maximum atomic E-state index is 3.60. The Kier molecular flexibility index (Phi) is 5.00. The second-order valence-electron chi connectivity index (χ2n) is 5.42. The summed E-state index contributed by atoms with van der Waals surface area (Å²) in [5.74, 6) is 0. The molecule has 0 fully saturated rings. The number of nitrogens with one attached hydrogen (secondary N) is 1. The number of halogens is 1. The molecule has 106 valence electrons. The topological polar surface area (TPSA) is 12.0 Å². The summed E-state index contributed by atoms with van der Waals surface area (Å²) >= 11 is 3.58. The van der Waals surface area contributed by atoms with Crippen molar-refractivity contribution in [1.82, 2.24) is 5.32 Å². The van der Waals surface area contributed by atoms with Gasteiger partial charge < -0.3 is 5.32 Å². The monoisotopic (exact) mass is 331 g/mol. The van der Waals surface area contributed by atoms with E-state index in [4.69, 9.17) is 0 Å². The van der Waals surface area contributed by atoms with Crippen LogP contribution in [0.1, 0.15) is 40.8 Å². The lowest BCUT2D eigenvalue weighted by Crippen LogP contribution is -2.22. The standard InChI is InChI=1S/C18H22BrN/c1-5-20-18(15-6-7-17(19)14(4)11-15)16-9-12(2)8-13(3)10-16/h6-11,18,20H,5H2,1-4H3. The van der Waals surface area contributed by atoms with Gasteiger partial charge in [-0.3, -0.25) is 0 Å². The molecule has 0 aromatic heterocycles. The van der Waals surface area contributed by atoms with E-state index < -0.39 is 0 Å². The van der Waals surface area contributed by atoms with E-state index in [1.807, 2.05) is 0 Å². The van der Waals surface area contributed by atoms with E-state index >= 15 is 0 Å². The van der Waals surface area contributed by atoms with Crippen molar-refractivity contribution in [3.63, 3.8) is 0 Å². The molecular formula is C18H22BrN. The van der Waals surface area contributed by atoms with Crippen LogP contribution in [0.25, 0.3) is 0 Å². The lowest BCUT2D eigenvalue weighted by Gasteiger charge is -2.21. The molecule has 1 atom stereocenters. The van der Waals surface area contributed by atoms with Gasteiger partial charge in [-0.25, -0.2) is 0 Å². The lowest BCUT2D eigenvalue weighted by atomic mass is 9.94. The van der Waals surface area contributed by atoms with Crippen molar-refractivity contribution in [2.24, 2.45) is 0 Å². The number of benzene rings is 2. The summed E-state index contributed by atoms with van der Waals surface area (Å²) in [5, 5.41) is 3.60. The maximum Gasteiger partial charge on any atom is 0.0576 e. The highest BCUT2D eigenvalue weighted by Gasteiger charge is 2.14. The van der Waals surface area contributed by atoms with Gasteiger partial charge in [-0.2, -0.15) is 0 Å². The molecule has 1 unspecified atom stereocenters. The summed E-state index contributed by atoms with van der Waals surface area (Å²) < 4.78 is 1.16. The summed E-state index contributed by atoms with van der Waals surface area (Å²) in [6, 6.07) is 13.6. The largest absolute Gasteiger partial charge is 0.307 e. The third-order valence-corrected chi connectivity index (χ3v) is 4.39. The molecule has 0 amide bonds. The number of rotatable bonds is 4. The summed E-state index contributed by atoms with van der Waals surface area (Å²) in [7, 11) is 0. The Balaban J connectivity index is 2.46. The Bertz CT molecular complexity index is 584. The Labute approximate surface area is 130 Å². The molecule has 2 aromatic carbocycles. The minimum absolute atomic E-state index is 0.255. The van der Waals surface area contributed by atoms with E-state index in [2.05, 4.69) is 85.3 Å². The highest BCUT2D eigenvalue weighted by atomic mass is 79.9.